The normalized spacial score (nSPS) is 17.7. The Kier molecular flexibility index (Phi) is 11.9. The lowest BCUT2D eigenvalue weighted by molar-refractivity contribution is -0.130. The van der Waals surface area contributed by atoms with Crippen LogP contribution >= 0.6 is 22.9 Å². The summed E-state index contributed by atoms with van der Waals surface area (Å²) in [6.07, 6.45) is 2.35. The van der Waals surface area contributed by atoms with Gasteiger partial charge in [-0.1, -0.05) is 45.4 Å². The van der Waals surface area contributed by atoms with Crippen molar-refractivity contribution in [2.75, 3.05) is 31.1 Å². The number of carbonyl (C=O) groups excluding carboxylic acids is 3. The molecule has 1 N–H and O–H groups in total. The van der Waals surface area contributed by atoms with E-state index in [9.17, 15) is 22.8 Å². The van der Waals surface area contributed by atoms with Crippen LogP contribution < -0.4 is 5.32 Å². The number of nitrogens with one attached hydrogen (secondary N) is 1. The van der Waals surface area contributed by atoms with Crippen LogP contribution in [0.3, 0.4) is 0 Å². The molecule has 1 aromatic heterocycles. The summed E-state index contributed by atoms with van der Waals surface area (Å²) in [6.45, 7) is 11.0. The average Bonchev–Trinajstić information content (AvgIpc) is 3.32. The summed E-state index contributed by atoms with van der Waals surface area (Å²) in [6, 6.07) is 5.24. The van der Waals surface area contributed by atoms with Crippen molar-refractivity contribution in [3.05, 3.63) is 40.4 Å². The first-order valence-corrected chi connectivity index (χ1v) is 16.9. The Balaban J connectivity index is 1.63. The molecule has 1 fully saturated rings. The molecular weight excluding hydrogens is 570 g/mol. The van der Waals surface area contributed by atoms with Crippen molar-refractivity contribution in [1.29, 1.82) is 0 Å². The van der Waals surface area contributed by atoms with Gasteiger partial charge in [0.15, 0.2) is 15.6 Å². The molecule has 3 rings (SSSR count). The molecule has 0 unspecified atom stereocenters. The molecule has 1 aromatic carbocycles. The van der Waals surface area contributed by atoms with Crippen LogP contribution in [-0.4, -0.2) is 73.0 Å². The van der Waals surface area contributed by atoms with E-state index >= 15 is 0 Å². The van der Waals surface area contributed by atoms with Crippen LogP contribution in [0.25, 0.3) is 10.2 Å². The van der Waals surface area contributed by atoms with E-state index < -0.39 is 15.8 Å². The number of thiazole rings is 1. The Morgan fingerprint density at radius 2 is 1.90 bits per heavy atom. The van der Waals surface area contributed by atoms with Gasteiger partial charge in [0.05, 0.1) is 32.6 Å². The molecule has 0 aliphatic carbocycles. The molecule has 11 heteroatoms. The SMILES string of the molecule is C=C(CN1CCS(=O)(=O)CC1)C(=O)CC[C@@H](NC(=O)[C@@H](CC(=O)CC)Cc1nc2ccc(Cl)cc2s1)[C@@H](C)CC. The van der Waals surface area contributed by atoms with Gasteiger partial charge in [-0.25, -0.2) is 13.4 Å². The molecule has 220 valence electrons. The lowest BCUT2D eigenvalue weighted by atomic mass is 9.91. The number of rotatable bonds is 15. The second-order valence-electron chi connectivity index (χ2n) is 10.7. The lowest BCUT2D eigenvalue weighted by Gasteiger charge is -2.28. The van der Waals surface area contributed by atoms with E-state index in [2.05, 4.69) is 16.9 Å². The molecule has 1 aliphatic heterocycles. The molecule has 0 spiro atoms. The number of hydrogen-bond donors (Lipinski definition) is 1. The number of ketones is 2. The van der Waals surface area contributed by atoms with Gasteiger partial charge in [-0.15, -0.1) is 11.3 Å². The van der Waals surface area contributed by atoms with Crippen LogP contribution in [0.2, 0.25) is 5.02 Å². The van der Waals surface area contributed by atoms with E-state index in [0.29, 0.717) is 49.5 Å². The van der Waals surface area contributed by atoms with E-state index in [0.717, 1.165) is 21.6 Å². The summed E-state index contributed by atoms with van der Waals surface area (Å²) in [4.78, 5) is 45.4. The van der Waals surface area contributed by atoms with Crippen LogP contribution in [0.1, 0.15) is 57.9 Å². The Bertz CT molecular complexity index is 1330. The third-order valence-electron chi connectivity index (χ3n) is 7.64. The highest BCUT2D eigenvalue weighted by atomic mass is 35.5. The molecule has 3 atom stereocenters. The predicted molar refractivity (Wildman–Crippen MR) is 162 cm³/mol. The molecule has 0 bridgehead atoms. The van der Waals surface area contributed by atoms with Crippen LogP contribution in [0.15, 0.2) is 30.4 Å². The van der Waals surface area contributed by atoms with Crippen molar-refractivity contribution >= 4 is 60.5 Å². The minimum atomic E-state index is -2.99. The zero-order valence-electron chi connectivity index (χ0n) is 23.6. The quantitative estimate of drug-likeness (QED) is 0.293. The Labute approximate surface area is 246 Å². The molecule has 1 amide bonds. The molecule has 2 aromatic rings. The fourth-order valence-corrected chi connectivity index (χ4v) is 7.34. The summed E-state index contributed by atoms with van der Waals surface area (Å²) < 4.78 is 24.3. The standard InChI is InChI=1S/C29H40ClN3O5S2/c1-5-19(3)24(9-10-26(35)20(4)18-33-11-13-40(37,38)14-12-33)32-29(36)21(15-23(34)6-2)16-28-31-25-8-7-22(30)17-27(25)39-28/h7-8,17,19,21,24H,4-6,9-16,18H2,1-3H3,(H,32,36)/t19-,21-,24+/m0/s1. The van der Waals surface area contributed by atoms with Crippen molar-refractivity contribution in [1.82, 2.24) is 15.2 Å². The Morgan fingerprint density at radius 1 is 1.20 bits per heavy atom. The summed E-state index contributed by atoms with van der Waals surface area (Å²) in [7, 11) is -2.99. The highest BCUT2D eigenvalue weighted by Crippen LogP contribution is 2.28. The summed E-state index contributed by atoms with van der Waals surface area (Å²) in [5.74, 6) is -0.500. The molecular formula is C29H40ClN3O5S2. The van der Waals surface area contributed by atoms with Crippen molar-refractivity contribution in [2.24, 2.45) is 11.8 Å². The molecule has 8 nitrogen and oxygen atoms in total. The Morgan fingerprint density at radius 3 is 2.55 bits per heavy atom. The smallest absolute Gasteiger partial charge is 0.224 e. The number of Topliss-reactive ketones (excluding diaryl/α,β-unsaturated/α-hetero) is 2. The number of hydrogen-bond acceptors (Lipinski definition) is 8. The van der Waals surface area contributed by atoms with Crippen LogP contribution in [0, 0.1) is 11.8 Å². The molecule has 1 saturated heterocycles. The van der Waals surface area contributed by atoms with Gasteiger partial charge in [0.25, 0.3) is 0 Å². The van der Waals surface area contributed by atoms with Gasteiger partial charge in [-0.2, -0.15) is 0 Å². The predicted octanol–water partition coefficient (Wildman–Crippen LogP) is 4.64. The largest absolute Gasteiger partial charge is 0.353 e. The second kappa shape index (κ2) is 14.7. The molecule has 40 heavy (non-hydrogen) atoms. The van der Waals surface area contributed by atoms with E-state index in [1.807, 2.05) is 30.9 Å². The van der Waals surface area contributed by atoms with Gasteiger partial charge in [0, 0.05) is 62.0 Å². The van der Waals surface area contributed by atoms with Crippen molar-refractivity contribution in [3.8, 4) is 0 Å². The van der Waals surface area contributed by atoms with Crippen molar-refractivity contribution in [3.63, 3.8) is 0 Å². The van der Waals surface area contributed by atoms with Gasteiger partial charge in [-0.3, -0.25) is 19.3 Å². The van der Waals surface area contributed by atoms with Gasteiger partial charge >= 0.3 is 0 Å². The van der Waals surface area contributed by atoms with Crippen LogP contribution in [-0.2, 0) is 30.6 Å². The number of aromatic nitrogens is 1. The summed E-state index contributed by atoms with van der Waals surface area (Å²) in [5.41, 5.74) is 1.27. The fourth-order valence-electron chi connectivity index (χ4n) is 4.73. The fraction of sp³-hybridized carbons (Fsp3) is 0.586. The monoisotopic (exact) mass is 609 g/mol. The van der Waals surface area contributed by atoms with Gasteiger partial charge in [0.2, 0.25) is 5.91 Å². The maximum atomic E-state index is 13.5. The zero-order valence-corrected chi connectivity index (χ0v) is 26.0. The third kappa shape index (κ3) is 9.46. The summed E-state index contributed by atoms with van der Waals surface area (Å²) in [5, 5.41) is 4.55. The zero-order chi connectivity index (χ0) is 29.4. The van der Waals surface area contributed by atoms with Crippen LogP contribution in [0.4, 0.5) is 0 Å². The van der Waals surface area contributed by atoms with E-state index in [1.54, 1.807) is 13.0 Å². The number of benzene rings is 1. The maximum absolute atomic E-state index is 13.5. The van der Waals surface area contributed by atoms with Crippen molar-refractivity contribution in [2.45, 2.75) is 65.3 Å². The number of halogens is 1. The number of fused-ring (bicyclic) bond motifs is 1. The number of sulfone groups is 1. The molecule has 0 radical (unpaired) electrons. The number of nitrogens with zero attached hydrogens (tertiary/aromatic N) is 2. The Hall–Kier alpha value is -2.14. The minimum absolute atomic E-state index is 0.0152. The number of amides is 1. The topological polar surface area (TPSA) is 114 Å². The first kappa shape index (κ1) is 32.4. The van der Waals surface area contributed by atoms with Gasteiger partial charge in [-0.05, 0) is 30.5 Å². The van der Waals surface area contributed by atoms with E-state index in [-0.39, 0.29) is 53.8 Å². The molecule has 2 heterocycles. The average molecular weight is 610 g/mol. The molecule has 0 saturated carbocycles. The number of carbonyl (C=O) groups is 3. The molecule has 1 aliphatic rings. The van der Waals surface area contributed by atoms with E-state index in [4.69, 9.17) is 11.6 Å². The first-order valence-electron chi connectivity index (χ1n) is 13.9. The highest BCUT2D eigenvalue weighted by molar-refractivity contribution is 7.91. The minimum Gasteiger partial charge on any atom is -0.353 e. The first-order chi connectivity index (χ1) is 18.9. The van der Waals surface area contributed by atoms with Crippen molar-refractivity contribution < 1.29 is 22.8 Å². The third-order valence-corrected chi connectivity index (χ3v) is 10.5. The second-order valence-corrected chi connectivity index (χ2v) is 14.6. The van der Waals surface area contributed by atoms with E-state index in [1.165, 1.54) is 11.3 Å². The van der Waals surface area contributed by atoms with Crippen LogP contribution in [0.5, 0.6) is 0 Å². The van der Waals surface area contributed by atoms with Gasteiger partial charge in [0.1, 0.15) is 5.78 Å². The summed E-state index contributed by atoms with van der Waals surface area (Å²) >= 11 is 7.59. The maximum Gasteiger partial charge on any atom is 0.224 e. The highest BCUT2D eigenvalue weighted by Gasteiger charge is 2.28. The van der Waals surface area contributed by atoms with Gasteiger partial charge < -0.3 is 5.32 Å². The lowest BCUT2D eigenvalue weighted by Crippen LogP contribution is -2.44.